The maximum absolute atomic E-state index is 12.6. The number of hydrogen-bond donors (Lipinski definition) is 0. The largest absolute Gasteiger partial charge is 0.461 e. The lowest BCUT2D eigenvalue weighted by Gasteiger charge is -2.40. The van der Waals surface area contributed by atoms with Crippen molar-refractivity contribution in [3.8, 4) is 0 Å². The fourth-order valence-electron chi connectivity index (χ4n) is 3.99. The smallest absolute Gasteiger partial charge is 0.331 e. The van der Waals surface area contributed by atoms with E-state index in [1.54, 1.807) is 18.7 Å². The monoisotopic (exact) mass is 295 g/mol. The van der Waals surface area contributed by atoms with Crippen molar-refractivity contribution in [1.82, 2.24) is 4.90 Å². The van der Waals surface area contributed by atoms with Gasteiger partial charge in [0.1, 0.15) is 11.6 Å². The van der Waals surface area contributed by atoms with Crippen LogP contribution < -0.4 is 0 Å². The van der Waals surface area contributed by atoms with Gasteiger partial charge in [-0.25, -0.2) is 4.79 Å². The third kappa shape index (κ3) is 3.58. The molecule has 1 amide bonds. The molecule has 2 rings (SSSR count). The second-order valence-electron chi connectivity index (χ2n) is 8.15. The molecule has 2 aliphatic rings. The Morgan fingerprint density at radius 2 is 2.00 bits per heavy atom. The molecule has 0 aromatic carbocycles. The molecule has 2 unspecified atom stereocenters. The first kappa shape index (κ1) is 16.3. The van der Waals surface area contributed by atoms with E-state index < -0.39 is 5.54 Å². The molecule has 2 fully saturated rings. The molecule has 0 aromatic heterocycles. The maximum Gasteiger partial charge on any atom is 0.331 e. The van der Waals surface area contributed by atoms with E-state index in [4.69, 9.17) is 4.74 Å². The number of carbonyl (C=O) groups excluding carboxylic acids is 2. The van der Waals surface area contributed by atoms with Crippen molar-refractivity contribution in [3.05, 3.63) is 0 Å². The van der Waals surface area contributed by atoms with E-state index in [1.807, 2.05) is 0 Å². The zero-order valence-corrected chi connectivity index (χ0v) is 14.1. The first-order chi connectivity index (χ1) is 9.62. The van der Waals surface area contributed by atoms with Gasteiger partial charge in [0.25, 0.3) is 0 Å². The lowest BCUT2D eigenvalue weighted by molar-refractivity contribution is -0.168. The number of amides is 1. The van der Waals surface area contributed by atoms with Crippen LogP contribution in [-0.2, 0) is 14.3 Å². The van der Waals surface area contributed by atoms with E-state index in [9.17, 15) is 9.59 Å². The van der Waals surface area contributed by atoms with Gasteiger partial charge in [0, 0.05) is 13.0 Å². The van der Waals surface area contributed by atoms with Crippen LogP contribution in [0.2, 0.25) is 0 Å². The van der Waals surface area contributed by atoms with E-state index >= 15 is 0 Å². The average Bonchev–Trinajstić information content (AvgIpc) is 2.73. The SMILES string of the molecule is CC1CC(OC(=O)C(C)(C)N2CCCC2=O)CC(C)(C)C1. The molecule has 0 N–H and O–H groups in total. The summed E-state index contributed by atoms with van der Waals surface area (Å²) in [7, 11) is 0. The molecule has 0 spiro atoms. The molecule has 1 saturated heterocycles. The number of esters is 1. The van der Waals surface area contributed by atoms with Crippen molar-refractivity contribution in [2.24, 2.45) is 11.3 Å². The number of rotatable bonds is 3. The van der Waals surface area contributed by atoms with Crippen LogP contribution in [0.1, 0.15) is 66.7 Å². The van der Waals surface area contributed by atoms with Crippen LogP contribution in [0.5, 0.6) is 0 Å². The molecule has 1 saturated carbocycles. The molecule has 1 heterocycles. The van der Waals surface area contributed by atoms with Gasteiger partial charge >= 0.3 is 5.97 Å². The van der Waals surface area contributed by atoms with Crippen LogP contribution in [0.3, 0.4) is 0 Å². The summed E-state index contributed by atoms with van der Waals surface area (Å²) in [6, 6.07) is 0. The Labute approximate surface area is 128 Å². The molecule has 4 nitrogen and oxygen atoms in total. The highest BCUT2D eigenvalue weighted by atomic mass is 16.5. The maximum atomic E-state index is 12.6. The Hall–Kier alpha value is -1.06. The number of ether oxygens (including phenoxy) is 1. The molecule has 120 valence electrons. The molecule has 2 atom stereocenters. The molecule has 4 heteroatoms. The van der Waals surface area contributed by atoms with Crippen molar-refractivity contribution in [3.63, 3.8) is 0 Å². The Bertz CT molecular complexity index is 428. The van der Waals surface area contributed by atoms with Gasteiger partial charge in [-0.05, 0) is 50.9 Å². The molecule has 0 aromatic rings. The molecule has 1 aliphatic heterocycles. The zero-order valence-electron chi connectivity index (χ0n) is 14.1. The number of likely N-dealkylation sites (tertiary alicyclic amines) is 1. The van der Waals surface area contributed by atoms with Crippen LogP contribution in [0.4, 0.5) is 0 Å². The third-order valence-electron chi connectivity index (χ3n) is 4.87. The summed E-state index contributed by atoms with van der Waals surface area (Å²) in [5.74, 6) is 0.380. The lowest BCUT2D eigenvalue weighted by atomic mass is 9.71. The first-order valence-corrected chi connectivity index (χ1v) is 8.13. The Balaban J connectivity index is 2.01. The van der Waals surface area contributed by atoms with E-state index in [0.29, 0.717) is 18.9 Å². The van der Waals surface area contributed by atoms with E-state index in [2.05, 4.69) is 20.8 Å². The van der Waals surface area contributed by atoms with Gasteiger partial charge in [-0.2, -0.15) is 0 Å². The van der Waals surface area contributed by atoms with Gasteiger partial charge in [-0.1, -0.05) is 20.8 Å². The van der Waals surface area contributed by atoms with Gasteiger partial charge in [-0.3, -0.25) is 4.79 Å². The second kappa shape index (κ2) is 5.62. The highest BCUT2D eigenvalue weighted by molar-refractivity contribution is 5.88. The molecule has 1 aliphatic carbocycles. The Kier molecular flexibility index (Phi) is 4.36. The van der Waals surface area contributed by atoms with Gasteiger partial charge in [0.15, 0.2) is 0 Å². The van der Waals surface area contributed by atoms with Crippen LogP contribution >= 0.6 is 0 Å². The summed E-state index contributed by atoms with van der Waals surface area (Å²) >= 11 is 0. The van der Waals surface area contributed by atoms with Gasteiger partial charge in [0.05, 0.1) is 0 Å². The quantitative estimate of drug-likeness (QED) is 0.751. The van der Waals surface area contributed by atoms with Crippen molar-refractivity contribution in [2.75, 3.05) is 6.54 Å². The summed E-state index contributed by atoms with van der Waals surface area (Å²) in [6.45, 7) is 11.0. The summed E-state index contributed by atoms with van der Waals surface area (Å²) in [6.07, 6.45) is 4.38. The van der Waals surface area contributed by atoms with Gasteiger partial charge in [-0.15, -0.1) is 0 Å². The van der Waals surface area contributed by atoms with Crippen LogP contribution in [-0.4, -0.2) is 35.0 Å². The minimum Gasteiger partial charge on any atom is -0.461 e. The summed E-state index contributed by atoms with van der Waals surface area (Å²) < 4.78 is 5.79. The fourth-order valence-corrected chi connectivity index (χ4v) is 3.99. The molecule has 0 radical (unpaired) electrons. The third-order valence-corrected chi connectivity index (χ3v) is 4.87. The molecule has 0 bridgehead atoms. The minimum absolute atomic E-state index is 0.0202. The van der Waals surface area contributed by atoms with Crippen LogP contribution in [0, 0.1) is 11.3 Å². The summed E-state index contributed by atoms with van der Waals surface area (Å²) in [5, 5.41) is 0. The lowest BCUT2D eigenvalue weighted by Crippen LogP contribution is -2.52. The summed E-state index contributed by atoms with van der Waals surface area (Å²) in [5.41, 5.74) is -0.630. The summed E-state index contributed by atoms with van der Waals surface area (Å²) in [4.78, 5) is 26.1. The highest BCUT2D eigenvalue weighted by Gasteiger charge is 2.43. The Morgan fingerprint density at radius 1 is 1.33 bits per heavy atom. The number of nitrogens with zero attached hydrogens (tertiary/aromatic N) is 1. The predicted molar refractivity (Wildman–Crippen MR) is 81.7 cm³/mol. The average molecular weight is 295 g/mol. The number of hydrogen-bond acceptors (Lipinski definition) is 3. The zero-order chi connectivity index (χ0) is 15.8. The molecule has 21 heavy (non-hydrogen) atoms. The second-order valence-corrected chi connectivity index (χ2v) is 8.15. The fraction of sp³-hybridized carbons (Fsp3) is 0.882. The van der Waals surface area contributed by atoms with Crippen molar-refractivity contribution in [1.29, 1.82) is 0 Å². The van der Waals surface area contributed by atoms with E-state index in [-0.39, 0.29) is 23.4 Å². The van der Waals surface area contributed by atoms with E-state index in [0.717, 1.165) is 19.3 Å². The minimum atomic E-state index is -0.849. The Morgan fingerprint density at radius 3 is 2.52 bits per heavy atom. The van der Waals surface area contributed by atoms with Crippen LogP contribution in [0.15, 0.2) is 0 Å². The van der Waals surface area contributed by atoms with Crippen molar-refractivity contribution < 1.29 is 14.3 Å². The van der Waals surface area contributed by atoms with Crippen LogP contribution in [0.25, 0.3) is 0 Å². The predicted octanol–water partition coefficient (Wildman–Crippen LogP) is 3.15. The van der Waals surface area contributed by atoms with Crippen molar-refractivity contribution >= 4 is 11.9 Å². The molecular formula is C17H29NO3. The van der Waals surface area contributed by atoms with Gasteiger partial charge < -0.3 is 9.64 Å². The topological polar surface area (TPSA) is 46.6 Å². The van der Waals surface area contributed by atoms with Crippen molar-refractivity contribution in [2.45, 2.75) is 78.4 Å². The molecular weight excluding hydrogens is 266 g/mol. The van der Waals surface area contributed by atoms with E-state index in [1.165, 1.54) is 6.42 Å². The van der Waals surface area contributed by atoms with Gasteiger partial charge in [0.2, 0.25) is 5.91 Å². The standard InChI is InChI=1S/C17H29NO3/c1-12-9-13(11-16(2,3)10-12)21-15(20)17(4,5)18-8-6-7-14(18)19/h12-13H,6-11H2,1-5H3. The normalized spacial score (nSPS) is 29.6. The number of carbonyl (C=O) groups is 2. The highest BCUT2D eigenvalue weighted by Crippen LogP contribution is 2.40. The first-order valence-electron chi connectivity index (χ1n) is 8.13.